The van der Waals surface area contributed by atoms with Crippen LogP contribution in [0.5, 0.6) is 5.75 Å². The van der Waals surface area contributed by atoms with Crippen molar-refractivity contribution in [3.8, 4) is 5.75 Å². The van der Waals surface area contributed by atoms with E-state index in [9.17, 15) is 0 Å². The van der Waals surface area contributed by atoms with Gasteiger partial charge in [0.1, 0.15) is 12.4 Å². The molecule has 0 saturated heterocycles. The molecule has 0 aliphatic heterocycles. The maximum Gasteiger partial charge on any atom is 0.130 e. The van der Waals surface area contributed by atoms with E-state index in [4.69, 9.17) is 9.84 Å². The molecule has 4 heteroatoms. The van der Waals surface area contributed by atoms with Crippen LogP contribution in [-0.4, -0.2) is 23.2 Å². The second-order valence-electron chi connectivity index (χ2n) is 4.83. The fourth-order valence-electron chi connectivity index (χ4n) is 2.06. The van der Waals surface area contributed by atoms with Crippen molar-refractivity contribution in [2.75, 3.05) is 18.5 Å². The van der Waals surface area contributed by atoms with Crippen LogP contribution < -0.4 is 10.1 Å². The summed E-state index contributed by atoms with van der Waals surface area (Å²) in [5, 5.41) is 12.4. The van der Waals surface area contributed by atoms with Gasteiger partial charge in [-0.15, -0.1) is 0 Å². The second-order valence-corrected chi connectivity index (χ2v) is 4.83. The van der Waals surface area contributed by atoms with Gasteiger partial charge in [-0.2, -0.15) is 0 Å². The first-order chi connectivity index (χ1) is 10.3. The Labute approximate surface area is 125 Å². The number of nitrogens with one attached hydrogen (secondary N) is 1. The molecule has 0 saturated carbocycles. The Balaban J connectivity index is 1.99. The van der Waals surface area contributed by atoms with Crippen LogP contribution in [0, 0.1) is 0 Å². The third-order valence-corrected chi connectivity index (χ3v) is 3.12. The monoisotopic (exact) mass is 286 g/mol. The summed E-state index contributed by atoms with van der Waals surface area (Å²) in [6, 6.07) is 11.7. The number of para-hydroxylation sites is 1. The molecule has 0 fully saturated rings. The molecule has 0 amide bonds. The minimum Gasteiger partial charge on any atom is -0.487 e. The van der Waals surface area contributed by atoms with Gasteiger partial charge in [-0.25, -0.2) is 0 Å². The third-order valence-electron chi connectivity index (χ3n) is 3.12. The minimum atomic E-state index is 0.120. The van der Waals surface area contributed by atoms with Crippen LogP contribution in [0.4, 0.5) is 5.69 Å². The number of aromatic nitrogens is 1. The number of rotatable bonds is 8. The van der Waals surface area contributed by atoms with Crippen LogP contribution in [0.15, 0.2) is 42.6 Å². The smallest absolute Gasteiger partial charge is 0.130 e. The van der Waals surface area contributed by atoms with Crippen molar-refractivity contribution in [1.82, 2.24) is 4.98 Å². The molecular weight excluding hydrogens is 264 g/mol. The maximum atomic E-state index is 9.07. The first-order valence-electron chi connectivity index (χ1n) is 7.34. The Bertz CT molecular complexity index is 558. The molecule has 0 atom stereocenters. The lowest BCUT2D eigenvalue weighted by Crippen LogP contribution is -2.04. The quantitative estimate of drug-likeness (QED) is 0.783. The SMILES string of the molecule is CCCNc1ccnc(COc2ccccc2CCO)c1. The number of aliphatic hydroxyl groups is 1. The molecule has 1 aromatic heterocycles. The lowest BCUT2D eigenvalue weighted by molar-refractivity contribution is 0.282. The number of ether oxygens (including phenoxy) is 1. The van der Waals surface area contributed by atoms with Gasteiger partial charge < -0.3 is 15.2 Å². The highest BCUT2D eigenvalue weighted by Crippen LogP contribution is 2.20. The van der Waals surface area contributed by atoms with Crippen molar-refractivity contribution < 1.29 is 9.84 Å². The normalized spacial score (nSPS) is 10.4. The predicted molar refractivity (Wildman–Crippen MR) is 84.6 cm³/mol. The van der Waals surface area contributed by atoms with E-state index < -0.39 is 0 Å². The zero-order valence-electron chi connectivity index (χ0n) is 12.4. The van der Waals surface area contributed by atoms with Crippen LogP contribution in [0.3, 0.4) is 0 Å². The molecule has 4 nitrogen and oxygen atoms in total. The average molecular weight is 286 g/mol. The van der Waals surface area contributed by atoms with Gasteiger partial charge in [0, 0.05) is 25.0 Å². The van der Waals surface area contributed by atoms with Crippen LogP contribution >= 0.6 is 0 Å². The van der Waals surface area contributed by atoms with Crippen LogP contribution in [0.2, 0.25) is 0 Å². The summed E-state index contributed by atoms with van der Waals surface area (Å²) in [4.78, 5) is 4.32. The van der Waals surface area contributed by atoms with Gasteiger partial charge in [0.05, 0.1) is 5.69 Å². The van der Waals surface area contributed by atoms with E-state index in [0.717, 1.165) is 35.7 Å². The van der Waals surface area contributed by atoms with Gasteiger partial charge >= 0.3 is 0 Å². The van der Waals surface area contributed by atoms with Crippen LogP contribution in [-0.2, 0) is 13.0 Å². The molecule has 0 bridgehead atoms. The van der Waals surface area contributed by atoms with Crippen molar-refractivity contribution in [3.05, 3.63) is 53.9 Å². The van der Waals surface area contributed by atoms with E-state index in [2.05, 4.69) is 17.2 Å². The molecule has 0 aliphatic carbocycles. The lowest BCUT2D eigenvalue weighted by Gasteiger charge is -2.11. The summed E-state index contributed by atoms with van der Waals surface area (Å²) in [6.07, 6.45) is 3.47. The Morgan fingerprint density at radius 3 is 2.90 bits per heavy atom. The summed E-state index contributed by atoms with van der Waals surface area (Å²) in [5.74, 6) is 0.806. The number of hydrogen-bond acceptors (Lipinski definition) is 4. The molecule has 21 heavy (non-hydrogen) atoms. The highest BCUT2D eigenvalue weighted by Gasteiger charge is 2.04. The van der Waals surface area contributed by atoms with Gasteiger partial charge in [-0.1, -0.05) is 25.1 Å². The standard InChI is InChI=1S/C17H22N2O2/c1-2-9-18-15-7-10-19-16(12-15)13-21-17-6-4-3-5-14(17)8-11-20/h3-7,10,12,20H,2,8-9,11,13H2,1H3,(H,18,19). The van der Waals surface area contributed by atoms with Crippen molar-refractivity contribution in [3.63, 3.8) is 0 Å². The molecule has 1 heterocycles. The maximum absolute atomic E-state index is 9.07. The number of hydrogen-bond donors (Lipinski definition) is 2. The molecule has 0 radical (unpaired) electrons. The number of anilines is 1. The summed E-state index contributed by atoms with van der Waals surface area (Å²) >= 11 is 0. The summed E-state index contributed by atoms with van der Waals surface area (Å²) in [6.45, 7) is 3.62. The molecule has 0 aliphatic rings. The third kappa shape index (κ3) is 4.76. The fraction of sp³-hybridized carbons (Fsp3) is 0.353. The Morgan fingerprint density at radius 1 is 1.24 bits per heavy atom. The summed E-state index contributed by atoms with van der Waals surface area (Å²) in [5.41, 5.74) is 2.96. The van der Waals surface area contributed by atoms with Crippen LogP contribution in [0.1, 0.15) is 24.6 Å². The summed E-state index contributed by atoms with van der Waals surface area (Å²) < 4.78 is 5.83. The molecule has 1 aromatic carbocycles. The molecular formula is C17H22N2O2. The molecule has 112 valence electrons. The zero-order chi connectivity index (χ0) is 14.9. The topological polar surface area (TPSA) is 54.4 Å². The van der Waals surface area contributed by atoms with E-state index in [0.29, 0.717) is 13.0 Å². The Morgan fingerprint density at radius 2 is 2.10 bits per heavy atom. The van der Waals surface area contributed by atoms with Gasteiger partial charge in [-0.3, -0.25) is 4.98 Å². The van der Waals surface area contributed by atoms with E-state index in [1.165, 1.54) is 0 Å². The number of pyridine rings is 1. The van der Waals surface area contributed by atoms with E-state index >= 15 is 0 Å². The molecule has 2 N–H and O–H groups in total. The number of benzene rings is 1. The summed E-state index contributed by atoms with van der Waals surface area (Å²) in [7, 11) is 0. The molecule has 0 unspecified atom stereocenters. The average Bonchev–Trinajstić information content (AvgIpc) is 2.53. The van der Waals surface area contributed by atoms with Crippen LogP contribution in [0.25, 0.3) is 0 Å². The van der Waals surface area contributed by atoms with Gasteiger partial charge in [0.2, 0.25) is 0 Å². The highest BCUT2D eigenvalue weighted by atomic mass is 16.5. The first-order valence-corrected chi connectivity index (χ1v) is 7.34. The predicted octanol–water partition coefficient (Wildman–Crippen LogP) is 3.02. The zero-order valence-corrected chi connectivity index (χ0v) is 12.4. The molecule has 0 spiro atoms. The minimum absolute atomic E-state index is 0.120. The highest BCUT2D eigenvalue weighted by molar-refractivity contribution is 5.43. The Kier molecular flexibility index (Phi) is 6.03. The van der Waals surface area contributed by atoms with Gasteiger partial charge in [0.15, 0.2) is 0 Å². The lowest BCUT2D eigenvalue weighted by atomic mass is 10.1. The fourth-order valence-corrected chi connectivity index (χ4v) is 2.06. The van der Waals surface area contributed by atoms with Crippen molar-refractivity contribution in [2.45, 2.75) is 26.4 Å². The number of aliphatic hydroxyl groups excluding tert-OH is 1. The van der Waals surface area contributed by atoms with E-state index in [-0.39, 0.29) is 6.61 Å². The van der Waals surface area contributed by atoms with Crippen molar-refractivity contribution in [1.29, 1.82) is 0 Å². The number of nitrogens with zero attached hydrogens (tertiary/aromatic N) is 1. The first kappa shape index (κ1) is 15.3. The van der Waals surface area contributed by atoms with Crippen molar-refractivity contribution in [2.24, 2.45) is 0 Å². The second kappa shape index (κ2) is 8.27. The van der Waals surface area contributed by atoms with Gasteiger partial charge in [-0.05, 0) is 36.6 Å². The Hall–Kier alpha value is -2.07. The van der Waals surface area contributed by atoms with Gasteiger partial charge in [0.25, 0.3) is 0 Å². The molecule has 2 aromatic rings. The van der Waals surface area contributed by atoms with E-state index in [1.807, 2.05) is 36.4 Å². The van der Waals surface area contributed by atoms with Crippen molar-refractivity contribution >= 4 is 5.69 Å². The molecule has 2 rings (SSSR count). The van der Waals surface area contributed by atoms with E-state index in [1.54, 1.807) is 6.20 Å². The largest absolute Gasteiger partial charge is 0.487 e.